The number of nitrogens with one attached hydrogen (secondary N) is 1. The van der Waals surface area contributed by atoms with Crippen LogP contribution in [-0.4, -0.2) is 34.6 Å². The van der Waals surface area contributed by atoms with Gasteiger partial charge in [-0.05, 0) is 69.8 Å². The van der Waals surface area contributed by atoms with E-state index in [1.165, 1.54) is 0 Å². The second-order valence-electron chi connectivity index (χ2n) is 9.59. The molecule has 0 aliphatic heterocycles. The zero-order valence-electron chi connectivity index (χ0n) is 21.9. The Kier molecular flexibility index (Phi) is 7.79. The Morgan fingerprint density at radius 3 is 2.44 bits per heavy atom. The fourth-order valence-electron chi connectivity index (χ4n) is 4.55. The Hall–Kier alpha value is -4.36. The lowest BCUT2D eigenvalue weighted by molar-refractivity contribution is 0.0785. The first-order chi connectivity index (χ1) is 18.9. The number of H-pyrrole nitrogens is 1. The van der Waals surface area contributed by atoms with Crippen LogP contribution in [-0.2, 0) is 13.0 Å². The first kappa shape index (κ1) is 26.3. The molecule has 1 aromatic heterocycles. The maximum Gasteiger partial charge on any atom is 0.307 e. The van der Waals surface area contributed by atoms with Crippen LogP contribution < -0.4 is 9.61 Å². The van der Waals surface area contributed by atoms with Crippen molar-refractivity contribution in [2.45, 2.75) is 26.3 Å². The Labute approximate surface area is 231 Å². The van der Waals surface area contributed by atoms with E-state index in [9.17, 15) is 14.7 Å². The van der Waals surface area contributed by atoms with E-state index in [1.807, 2.05) is 85.9 Å². The van der Waals surface area contributed by atoms with Crippen LogP contribution in [0.2, 0.25) is 0 Å². The molecule has 1 heterocycles. The molecule has 0 unspecified atom stereocenters. The number of aromatic amines is 1. The Morgan fingerprint density at radius 2 is 1.69 bits per heavy atom. The van der Waals surface area contributed by atoms with Gasteiger partial charge in [-0.15, -0.1) is 0 Å². The minimum Gasteiger partial charge on any atom is -0.494 e. The van der Waals surface area contributed by atoms with Gasteiger partial charge in [0, 0.05) is 25.6 Å². The predicted octanol–water partition coefficient (Wildman–Crippen LogP) is 6.61. The first-order valence-electron chi connectivity index (χ1n) is 12.9. The van der Waals surface area contributed by atoms with E-state index in [0.29, 0.717) is 30.0 Å². The minimum atomic E-state index is -0.258. The van der Waals surface area contributed by atoms with Gasteiger partial charge in [-0.25, -0.2) is 0 Å². The van der Waals surface area contributed by atoms with Gasteiger partial charge < -0.3 is 14.7 Å². The van der Waals surface area contributed by atoms with E-state index in [0.717, 1.165) is 56.5 Å². The van der Waals surface area contributed by atoms with Crippen molar-refractivity contribution in [3.8, 4) is 22.8 Å². The standard InChI is InChI=1S/C32H30N2O4S/c1-3-15-38-28-14-13-25-18-27(12-11-26(25)19-28)31(36)34(2)20-22-5-4-6-24(16-22)23-9-7-21(8-10-23)17-29-30(35)33-32(37)39-29/h4-14,16,18-19,35H,3,15,17,20H2,1-2H3,(H,33,37). The molecule has 39 heavy (non-hydrogen) atoms. The van der Waals surface area contributed by atoms with Crippen molar-refractivity contribution in [1.29, 1.82) is 0 Å². The normalized spacial score (nSPS) is 11.0. The van der Waals surface area contributed by atoms with Gasteiger partial charge in [0.25, 0.3) is 5.91 Å². The predicted molar refractivity (Wildman–Crippen MR) is 157 cm³/mol. The molecule has 1 amide bonds. The van der Waals surface area contributed by atoms with Crippen LogP contribution in [0.1, 0.15) is 39.7 Å². The number of amides is 1. The summed E-state index contributed by atoms with van der Waals surface area (Å²) in [5.41, 5.74) is 4.80. The van der Waals surface area contributed by atoms with Crippen molar-refractivity contribution < 1.29 is 14.6 Å². The van der Waals surface area contributed by atoms with Crippen molar-refractivity contribution >= 4 is 28.0 Å². The zero-order chi connectivity index (χ0) is 27.4. The number of aromatic hydroxyl groups is 1. The van der Waals surface area contributed by atoms with Crippen molar-refractivity contribution in [3.05, 3.63) is 116 Å². The highest BCUT2D eigenvalue weighted by atomic mass is 32.1. The average molecular weight is 539 g/mol. The van der Waals surface area contributed by atoms with Gasteiger partial charge in [0.1, 0.15) is 5.75 Å². The summed E-state index contributed by atoms with van der Waals surface area (Å²) >= 11 is 1.02. The van der Waals surface area contributed by atoms with Crippen molar-refractivity contribution in [3.63, 3.8) is 0 Å². The molecule has 5 rings (SSSR count). The van der Waals surface area contributed by atoms with Gasteiger partial charge in [0.05, 0.1) is 11.5 Å². The first-order valence-corrected chi connectivity index (χ1v) is 13.7. The van der Waals surface area contributed by atoms with Gasteiger partial charge in [0.2, 0.25) is 5.88 Å². The average Bonchev–Trinajstić information content (AvgIpc) is 3.27. The summed E-state index contributed by atoms with van der Waals surface area (Å²) in [6.45, 7) is 3.25. The zero-order valence-corrected chi connectivity index (χ0v) is 22.8. The van der Waals surface area contributed by atoms with Gasteiger partial charge in [-0.1, -0.05) is 72.9 Å². The van der Waals surface area contributed by atoms with E-state index in [2.05, 4.69) is 18.0 Å². The maximum absolute atomic E-state index is 13.2. The van der Waals surface area contributed by atoms with Crippen LogP contribution in [0.15, 0.2) is 89.7 Å². The SMILES string of the molecule is CCCOc1ccc2cc(C(=O)N(C)Cc3cccc(-c4ccc(Cc5sc(=O)[nH]c5O)cc4)c3)ccc2c1. The summed E-state index contributed by atoms with van der Waals surface area (Å²) in [4.78, 5) is 29.2. The molecule has 6 nitrogen and oxygen atoms in total. The second-order valence-corrected chi connectivity index (χ2v) is 10.7. The Bertz CT molecular complexity index is 1670. The summed E-state index contributed by atoms with van der Waals surface area (Å²) < 4.78 is 5.73. The van der Waals surface area contributed by atoms with Gasteiger partial charge in [-0.3, -0.25) is 14.6 Å². The van der Waals surface area contributed by atoms with Crippen LogP contribution in [0.4, 0.5) is 0 Å². The summed E-state index contributed by atoms with van der Waals surface area (Å²) in [7, 11) is 1.82. The van der Waals surface area contributed by atoms with Crippen molar-refractivity contribution in [2.24, 2.45) is 0 Å². The topological polar surface area (TPSA) is 82.6 Å². The molecule has 0 saturated heterocycles. The van der Waals surface area contributed by atoms with Crippen LogP contribution in [0, 0.1) is 0 Å². The summed E-state index contributed by atoms with van der Waals surface area (Å²) in [5, 5.41) is 11.9. The molecule has 4 aromatic carbocycles. The highest BCUT2D eigenvalue weighted by Gasteiger charge is 2.14. The fourth-order valence-corrected chi connectivity index (χ4v) is 5.31. The highest BCUT2D eigenvalue weighted by Crippen LogP contribution is 2.26. The third-order valence-electron chi connectivity index (χ3n) is 6.58. The number of carbonyl (C=O) groups excluding carboxylic acids is 1. The fraction of sp³-hybridized carbons (Fsp3) is 0.188. The van der Waals surface area contributed by atoms with Crippen LogP contribution >= 0.6 is 11.3 Å². The monoisotopic (exact) mass is 538 g/mol. The van der Waals surface area contributed by atoms with E-state index in [4.69, 9.17) is 4.74 Å². The van der Waals surface area contributed by atoms with Crippen molar-refractivity contribution in [1.82, 2.24) is 9.88 Å². The summed E-state index contributed by atoms with van der Waals surface area (Å²) in [6.07, 6.45) is 1.45. The Balaban J connectivity index is 1.26. The maximum atomic E-state index is 13.2. The molecule has 5 aromatic rings. The van der Waals surface area contributed by atoms with E-state index >= 15 is 0 Å². The number of thiazole rings is 1. The third-order valence-corrected chi connectivity index (χ3v) is 7.45. The molecule has 198 valence electrons. The Morgan fingerprint density at radius 1 is 0.923 bits per heavy atom. The van der Waals surface area contributed by atoms with Crippen LogP contribution in [0.5, 0.6) is 11.6 Å². The van der Waals surface area contributed by atoms with Gasteiger partial charge in [0.15, 0.2) is 0 Å². The van der Waals surface area contributed by atoms with E-state index in [1.54, 1.807) is 4.90 Å². The quantitative estimate of drug-likeness (QED) is 0.221. The molecule has 0 spiro atoms. The van der Waals surface area contributed by atoms with E-state index in [-0.39, 0.29) is 16.7 Å². The molecule has 0 atom stereocenters. The molecule has 0 aliphatic rings. The molecule has 7 heteroatoms. The smallest absolute Gasteiger partial charge is 0.307 e. The van der Waals surface area contributed by atoms with E-state index < -0.39 is 0 Å². The molecule has 0 saturated carbocycles. The molecular formula is C32H30N2O4S. The number of aromatic nitrogens is 1. The molecule has 0 bridgehead atoms. The largest absolute Gasteiger partial charge is 0.494 e. The highest BCUT2D eigenvalue weighted by molar-refractivity contribution is 7.09. The number of carbonyl (C=O) groups is 1. The molecule has 0 fully saturated rings. The number of nitrogens with zero attached hydrogens (tertiary/aromatic N) is 1. The van der Waals surface area contributed by atoms with Gasteiger partial charge >= 0.3 is 4.87 Å². The number of benzene rings is 4. The van der Waals surface area contributed by atoms with Gasteiger partial charge in [-0.2, -0.15) is 0 Å². The molecular weight excluding hydrogens is 508 g/mol. The molecule has 0 aliphatic carbocycles. The minimum absolute atomic E-state index is 0.0340. The number of hydrogen-bond donors (Lipinski definition) is 2. The second kappa shape index (κ2) is 11.6. The molecule has 2 N–H and O–H groups in total. The number of ether oxygens (including phenoxy) is 1. The summed E-state index contributed by atoms with van der Waals surface area (Å²) in [6, 6.07) is 28.0. The lowest BCUT2D eigenvalue weighted by Crippen LogP contribution is -2.26. The lowest BCUT2D eigenvalue weighted by atomic mass is 10.0. The number of hydrogen-bond acceptors (Lipinski definition) is 5. The lowest BCUT2D eigenvalue weighted by Gasteiger charge is -2.18. The third kappa shape index (κ3) is 6.21. The number of fused-ring (bicyclic) bond motifs is 1. The van der Waals surface area contributed by atoms with Crippen molar-refractivity contribution in [2.75, 3.05) is 13.7 Å². The summed E-state index contributed by atoms with van der Waals surface area (Å²) in [5.74, 6) is 0.747. The molecule has 0 radical (unpaired) electrons. The van der Waals surface area contributed by atoms with Crippen LogP contribution in [0.25, 0.3) is 21.9 Å². The number of rotatable bonds is 9. The van der Waals surface area contributed by atoms with Crippen LogP contribution in [0.3, 0.4) is 0 Å².